The number of aromatic nitrogens is 2. The summed E-state index contributed by atoms with van der Waals surface area (Å²) in [7, 11) is 3.22. The second kappa shape index (κ2) is 6.61. The number of amides is 1. The smallest absolute Gasteiger partial charge is 0.222 e. The lowest BCUT2D eigenvalue weighted by Crippen LogP contribution is -2.07. The molecule has 0 aromatic carbocycles. The number of nitrogens with two attached hydrogens (primary N) is 1. The Morgan fingerprint density at radius 3 is 2.77 bits per heavy atom. The zero-order valence-electron chi connectivity index (χ0n) is 12.5. The van der Waals surface area contributed by atoms with Crippen LogP contribution in [0, 0.1) is 0 Å². The number of hydrogen-bond acceptors (Lipinski definition) is 7. The zero-order valence-corrected chi connectivity index (χ0v) is 12.5. The molecule has 0 radical (unpaired) electrons. The van der Waals surface area contributed by atoms with Gasteiger partial charge in [0.1, 0.15) is 17.3 Å². The zero-order chi connectivity index (χ0) is 16.1. The minimum Gasteiger partial charge on any atom is -0.491 e. The highest BCUT2D eigenvalue weighted by Gasteiger charge is 2.15. The lowest BCUT2D eigenvalue weighted by molar-refractivity contribution is -0.114. The number of nitrogens with one attached hydrogen (secondary N) is 2. The predicted molar refractivity (Wildman–Crippen MR) is 83.4 cm³/mol. The molecule has 2 aromatic rings. The van der Waals surface area contributed by atoms with E-state index in [1.807, 2.05) is 0 Å². The maximum Gasteiger partial charge on any atom is 0.222 e. The van der Waals surface area contributed by atoms with Gasteiger partial charge in [0.15, 0.2) is 17.3 Å². The van der Waals surface area contributed by atoms with Gasteiger partial charge in [0.05, 0.1) is 13.3 Å². The SMILES string of the molecule is CNc1c(N)ncc(Oc2ccnc(NC(C)=O)c2)c1OC. The quantitative estimate of drug-likeness (QED) is 0.773. The van der Waals surface area contributed by atoms with E-state index in [1.54, 1.807) is 19.2 Å². The van der Waals surface area contributed by atoms with E-state index in [-0.39, 0.29) is 5.91 Å². The molecule has 22 heavy (non-hydrogen) atoms. The van der Waals surface area contributed by atoms with E-state index in [0.29, 0.717) is 34.6 Å². The van der Waals surface area contributed by atoms with Crippen molar-refractivity contribution in [3.63, 3.8) is 0 Å². The third kappa shape index (κ3) is 3.35. The van der Waals surface area contributed by atoms with Gasteiger partial charge in [-0.1, -0.05) is 0 Å². The molecule has 0 aliphatic heterocycles. The van der Waals surface area contributed by atoms with Crippen LogP contribution in [-0.2, 0) is 4.79 Å². The first-order valence-corrected chi connectivity index (χ1v) is 6.47. The number of carbonyl (C=O) groups excluding carboxylic acids is 1. The summed E-state index contributed by atoms with van der Waals surface area (Å²) in [5.74, 6) is 1.79. The fraction of sp³-hybridized carbons (Fsp3) is 0.214. The molecule has 116 valence electrons. The van der Waals surface area contributed by atoms with Gasteiger partial charge in [0.25, 0.3) is 0 Å². The standard InChI is InChI=1S/C14H17N5O3/c1-8(20)19-11-6-9(4-5-17-11)22-10-7-18-14(15)12(16-2)13(10)21-3/h4-7,16H,1-3H3,(H2,15,18)(H,17,19,20). The minimum absolute atomic E-state index is 0.214. The third-order valence-corrected chi connectivity index (χ3v) is 2.75. The molecule has 2 rings (SSSR count). The Hall–Kier alpha value is -3.03. The van der Waals surface area contributed by atoms with Crippen molar-refractivity contribution in [2.75, 3.05) is 30.5 Å². The molecule has 4 N–H and O–H groups in total. The molecule has 0 fully saturated rings. The molecular formula is C14H17N5O3. The van der Waals surface area contributed by atoms with Crippen molar-refractivity contribution in [2.24, 2.45) is 0 Å². The highest BCUT2D eigenvalue weighted by atomic mass is 16.5. The van der Waals surface area contributed by atoms with Crippen molar-refractivity contribution < 1.29 is 14.3 Å². The number of nitrogen functional groups attached to an aromatic ring is 1. The van der Waals surface area contributed by atoms with Crippen molar-refractivity contribution in [3.05, 3.63) is 24.5 Å². The topological polar surface area (TPSA) is 111 Å². The van der Waals surface area contributed by atoms with Gasteiger partial charge in [0.2, 0.25) is 5.91 Å². The molecular weight excluding hydrogens is 286 g/mol. The lowest BCUT2D eigenvalue weighted by Gasteiger charge is -2.15. The van der Waals surface area contributed by atoms with Gasteiger partial charge >= 0.3 is 0 Å². The van der Waals surface area contributed by atoms with Crippen LogP contribution in [0.4, 0.5) is 17.3 Å². The number of rotatable bonds is 5. The van der Waals surface area contributed by atoms with Crippen LogP contribution in [0.5, 0.6) is 17.2 Å². The molecule has 2 aromatic heterocycles. The summed E-state index contributed by atoms with van der Waals surface area (Å²) in [6.45, 7) is 1.40. The number of anilines is 3. The van der Waals surface area contributed by atoms with Crippen LogP contribution in [0.25, 0.3) is 0 Å². The van der Waals surface area contributed by atoms with Crippen LogP contribution < -0.4 is 25.8 Å². The Morgan fingerprint density at radius 2 is 2.14 bits per heavy atom. The van der Waals surface area contributed by atoms with Gasteiger partial charge in [-0.3, -0.25) is 4.79 Å². The van der Waals surface area contributed by atoms with E-state index in [1.165, 1.54) is 26.4 Å². The molecule has 2 heterocycles. The average molecular weight is 303 g/mol. The van der Waals surface area contributed by atoms with E-state index in [9.17, 15) is 4.79 Å². The Balaban J connectivity index is 2.33. The van der Waals surface area contributed by atoms with Crippen molar-refractivity contribution >= 4 is 23.2 Å². The summed E-state index contributed by atoms with van der Waals surface area (Å²) < 4.78 is 11.1. The van der Waals surface area contributed by atoms with E-state index < -0.39 is 0 Å². The predicted octanol–water partition coefficient (Wildman–Crippen LogP) is 1.86. The molecule has 1 amide bonds. The summed E-state index contributed by atoms with van der Waals surface area (Å²) in [5.41, 5.74) is 6.32. The number of methoxy groups -OCH3 is 1. The van der Waals surface area contributed by atoms with Crippen molar-refractivity contribution in [2.45, 2.75) is 6.92 Å². The average Bonchev–Trinajstić information content (AvgIpc) is 2.48. The van der Waals surface area contributed by atoms with Gasteiger partial charge in [-0.15, -0.1) is 0 Å². The maximum atomic E-state index is 11.1. The van der Waals surface area contributed by atoms with Crippen LogP contribution in [0.1, 0.15) is 6.92 Å². The molecule has 0 atom stereocenters. The Labute approximate surface area is 127 Å². The van der Waals surface area contributed by atoms with E-state index in [2.05, 4.69) is 20.6 Å². The van der Waals surface area contributed by atoms with Crippen LogP contribution in [-0.4, -0.2) is 30.0 Å². The summed E-state index contributed by atoms with van der Waals surface area (Å²) in [6.07, 6.45) is 2.99. The first kappa shape index (κ1) is 15.4. The summed E-state index contributed by atoms with van der Waals surface area (Å²) >= 11 is 0. The minimum atomic E-state index is -0.214. The summed E-state index contributed by atoms with van der Waals surface area (Å²) in [4.78, 5) is 19.1. The largest absolute Gasteiger partial charge is 0.491 e. The summed E-state index contributed by atoms with van der Waals surface area (Å²) in [6, 6.07) is 3.25. The van der Waals surface area contributed by atoms with Gasteiger partial charge in [-0.25, -0.2) is 9.97 Å². The number of ether oxygens (including phenoxy) is 2. The number of carbonyl (C=O) groups is 1. The molecule has 0 saturated heterocycles. The molecule has 0 spiro atoms. The number of hydrogen-bond donors (Lipinski definition) is 3. The summed E-state index contributed by atoms with van der Waals surface area (Å²) in [5, 5.41) is 5.50. The van der Waals surface area contributed by atoms with Crippen LogP contribution in [0.2, 0.25) is 0 Å². The second-order valence-electron chi connectivity index (χ2n) is 4.33. The van der Waals surface area contributed by atoms with E-state index >= 15 is 0 Å². The first-order valence-electron chi connectivity index (χ1n) is 6.47. The van der Waals surface area contributed by atoms with Crippen LogP contribution >= 0.6 is 0 Å². The van der Waals surface area contributed by atoms with Crippen molar-refractivity contribution in [1.82, 2.24) is 9.97 Å². The van der Waals surface area contributed by atoms with Crippen LogP contribution in [0.3, 0.4) is 0 Å². The molecule has 0 aliphatic carbocycles. The highest BCUT2D eigenvalue weighted by Crippen LogP contribution is 2.39. The number of nitrogens with zero attached hydrogens (tertiary/aromatic N) is 2. The second-order valence-corrected chi connectivity index (χ2v) is 4.33. The van der Waals surface area contributed by atoms with Gasteiger partial charge in [-0.2, -0.15) is 0 Å². The van der Waals surface area contributed by atoms with Gasteiger partial charge in [-0.05, 0) is 6.07 Å². The molecule has 8 nitrogen and oxygen atoms in total. The normalized spacial score (nSPS) is 9.95. The highest BCUT2D eigenvalue weighted by molar-refractivity contribution is 5.87. The number of pyridine rings is 2. The Morgan fingerprint density at radius 1 is 1.36 bits per heavy atom. The molecule has 8 heteroatoms. The monoisotopic (exact) mass is 303 g/mol. The van der Waals surface area contributed by atoms with Gasteiger partial charge < -0.3 is 25.8 Å². The molecule has 0 aliphatic rings. The Kier molecular flexibility index (Phi) is 4.62. The first-order chi connectivity index (χ1) is 10.5. The molecule has 0 saturated carbocycles. The maximum absolute atomic E-state index is 11.1. The Bertz CT molecular complexity index is 690. The molecule has 0 unspecified atom stereocenters. The fourth-order valence-electron chi connectivity index (χ4n) is 1.86. The third-order valence-electron chi connectivity index (χ3n) is 2.75. The van der Waals surface area contributed by atoms with Crippen LogP contribution in [0.15, 0.2) is 24.5 Å². The lowest BCUT2D eigenvalue weighted by atomic mass is 10.3. The van der Waals surface area contributed by atoms with Gasteiger partial charge in [0, 0.05) is 26.2 Å². The van der Waals surface area contributed by atoms with Crippen molar-refractivity contribution in [1.29, 1.82) is 0 Å². The van der Waals surface area contributed by atoms with E-state index in [0.717, 1.165) is 0 Å². The van der Waals surface area contributed by atoms with E-state index in [4.69, 9.17) is 15.2 Å². The fourth-order valence-corrected chi connectivity index (χ4v) is 1.86. The van der Waals surface area contributed by atoms with Crippen molar-refractivity contribution in [3.8, 4) is 17.2 Å². The molecule has 0 bridgehead atoms.